The second-order valence-corrected chi connectivity index (χ2v) is 10.3. The highest BCUT2D eigenvalue weighted by Gasteiger charge is 2.24. The summed E-state index contributed by atoms with van der Waals surface area (Å²) in [6.45, 7) is 5.01. The Bertz CT molecular complexity index is 1380. The van der Waals surface area contributed by atoms with Crippen molar-refractivity contribution in [1.29, 1.82) is 0 Å². The van der Waals surface area contributed by atoms with Crippen molar-refractivity contribution < 1.29 is 37.7 Å². The van der Waals surface area contributed by atoms with Gasteiger partial charge < -0.3 is 14.0 Å². The second-order valence-electron chi connectivity index (χ2n) is 8.40. The lowest BCUT2D eigenvalue weighted by molar-refractivity contribution is -1.73. The van der Waals surface area contributed by atoms with Crippen molar-refractivity contribution in [2.75, 3.05) is 0 Å². The molecule has 0 aliphatic carbocycles. The van der Waals surface area contributed by atoms with Gasteiger partial charge in [0, 0.05) is 29.2 Å². The average Bonchev–Trinajstić information content (AvgIpc) is 2.84. The molecule has 2 N–H and O–H groups in total. The van der Waals surface area contributed by atoms with Gasteiger partial charge in [0.05, 0.1) is 15.7 Å². The van der Waals surface area contributed by atoms with Crippen molar-refractivity contribution in [2.24, 2.45) is 5.14 Å². The smallest absolute Gasteiger partial charge is 0.238 e. The van der Waals surface area contributed by atoms with Crippen molar-refractivity contribution in [2.45, 2.75) is 31.2 Å². The first-order chi connectivity index (χ1) is 17.1. The molecule has 0 spiro atoms. The zero-order valence-electron chi connectivity index (χ0n) is 19.9. The number of pyridine rings is 1. The van der Waals surface area contributed by atoms with E-state index in [2.05, 4.69) is 66.9 Å². The molecule has 9 heteroatoms. The topological polar surface area (TPSA) is 133 Å². The lowest BCUT2D eigenvalue weighted by atomic mass is 9.97. The van der Waals surface area contributed by atoms with Crippen LogP contribution in [0.5, 0.6) is 0 Å². The van der Waals surface area contributed by atoms with Crippen LogP contribution in [-0.2, 0) is 16.6 Å². The van der Waals surface area contributed by atoms with E-state index in [1.807, 2.05) is 36.4 Å². The summed E-state index contributed by atoms with van der Waals surface area (Å²) >= 11 is 0. The summed E-state index contributed by atoms with van der Waals surface area (Å²) < 4.78 is 50.8. The largest absolute Gasteiger partial charge is 0.357 e. The molecule has 0 atom stereocenters. The minimum absolute atomic E-state index is 0.123. The molecule has 188 valence electrons. The number of aromatic nitrogens is 1. The zero-order valence-corrected chi connectivity index (χ0v) is 21.4. The maximum absolute atomic E-state index is 11.6. The van der Waals surface area contributed by atoms with Crippen molar-refractivity contribution in [1.82, 2.24) is 0 Å². The molecule has 7 nitrogen and oxygen atoms in total. The molecular formula is C27H27ClN2O5S. The van der Waals surface area contributed by atoms with Gasteiger partial charge >= 0.3 is 0 Å². The van der Waals surface area contributed by atoms with Crippen LogP contribution in [0.4, 0.5) is 0 Å². The first-order valence-corrected chi connectivity index (χ1v) is 13.6. The van der Waals surface area contributed by atoms with E-state index in [0.29, 0.717) is 12.5 Å². The Labute approximate surface area is 214 Å². The van der Waals surface area contributed by atoms with Gasteiger partial charge in [-0.1, -0.05) is 74.5 Å². The zero-order chi connectivity index (χ0) is 26.3. The van der Waals surface area contributed by atoms with Crippen molar-refractivity contribution >= 4 is 10.0 Å². The molecule has 0 saturated carbocycles. The predicted octanol–water partition coefficient (Wildman–Crippen LogP) is 1.56. The van der Waals surface area contributed by atoms with Gasteiger partial charge in [-0.05, 0) is 35.4 Å². The normalized spacial score (nSPS) is 11.3. The Kier molecular flexibility index (Phi) is 9.33. The van der Waals surface area contributed by atoms with Crippen LogP contribution in [0.2, 0.25) is 0 Å². The summed E-state index contributed by atoms with van der Waals surface area (Å²) in [5.41, 5.74) is 6.82. The molecule has 0 aliphatic heterocycles. The van der Waals surface area contributed by atoms with E-state index in [-0.39, 0.29) is 4.90 Å². The highest BCUT2D eigenvalue weighted by Crippen LogP contribution is 2.28. The maximum atomic E-state index is 11.6. The quantitative estimate of drug-likeness (QED) is 0.381. The Hall–Kier alpha value is -3.11. The number of hydrogen-bond donors (Lipinski definition) is 1. The molecule has 0 unspecified atom stereocenters. The predicted molar refractivity (Wildman–Crippen MR) is 129 cm³/mol. The average molecular weight is 527 g/mol. The Balaban J connectivity index is 0.000000840. The van der Waals surface area contributed by atoms with Crippen molar-refractivity contribution in [3.05, 3.63) is 108 Å². The third kappa shape index (κ3) is 7.44. The number of hydrogen-bond acceptors (Lipinski definition) is 5. The molecule has 0 bridgehead atoms. The number of primary sulfonamides is 1. The Morgan fingerprint density at radius 2 is 1.28 bits per heavy atom. The lowest BCUT2D eigenvalue weighted by Crippen LogP contribution is -2.42. The van der Waals surface area contributed by atoms with E-state index < -0.39 is 20.8 Å². The molecule has 1 aromatic heterocycles. The van der Waals surface area contributed by atoms with E-state index in [4.69, 9.17) is 19.1 Å². The number of benzene rings is 3. The molecule has 36 heavy (non-hydrogen) atoms. The summed E-state index contributed by atoms with van der Waals surface area (Å²) in [6.07, 6.45) is 0. The van der Waals surface area contributed by atoms with Crippen LogP contribution >= 0.6 is 0 Å². The monoisotopic (exact) mass is 526 g/mol. The molecule has 0 amide bonds. The lowest BCUT2D eigenvalue weighted by Gasteiger charge is -2.15. The molecule has 3 aromatic carbocycles. The Morgan fingerprint density at radius 3 is 1.75 bits per heavy atom. The fourth-order valence-corrected chi connectivity index (χ4v) is 4.43. The number of rotatable bonds is 6. The molecule has 0 aliphatic rings. The summed E-state index contributed by atoms with van der Waals surface area (Å²) in [5.74, 6) is 0.296. The molecule has 1 heterocycles. The highest BCUT2D eigenvalue weighted by atomic mass is 35.6. The van der Waals surface area contributed by atoms with Crippen LogP contribution < -0.4 is 23.7 Å². The standard InChI is InChI=1S/C27H27N2O2S.ClO3/c1-20(2)26-17-24(22-9-5-3-6-10-22)18-27(23-11-7-4-8-12-23)29(26)19-21-13-15-25(16-14-21)32(28,30)31;2-1(3)4/h3-18,20H,19H2,1-2H3,(H2,28,30,31);/q+1;-1. The molecular weight excluding hydrogens is 500 g/mol. The van der Waals surface area contributed by atoms with Gasteiger partial charge in [0.25, 0.3) is 0 Å². The van der Waals surface area contributed by atoms with Gasteiger partial charge in [0.2, 0.25) is 15.7 Å². The molecule has 0 fully saturated rings. The number of sulfonamides is 1. The molecule has 0 saturated heterocycles. The fraction of sp³-hybridized carbons (Fsp3) is 0.148. The van der Waals surface area contributed by atoms with Crippen LogP contribution in [0.1, 0.15) is 31.0 Å². The first-order valence-electron chi connectivity index (χ1n) is 11.1. The SMILES string of the molecule is CC(C)c1cc(-c2ccccc2)cc(-c2ccccc2)[n+]1Cc1ccc(S(N)(=O)=O)cc1.[O-][Cl+2]([O-])[O-]. The summed E-state index contributed by atoms with van der Waals surface area (Å²) in [5, 5.41) is 5.26. The van der Waals surface area contributed by atoms with Crippen molar-refractivity contribution in [3.63, 3.8) is 0 Å². The van der Waals surface area contributed by atoms with E-state index in [1.165, 1.54) is 16.8 Å². The molecule has 4 rings (SSSR count). The number of halogens is 1. The van der Waals surface area contributed by atoms with Gasteiger partial charge in [-0.15, -0.1) is 0 Å². The summed E-state index contributed by atoms with van der Waals surface area (Å²) in [6, 6.07) is 32.0. The van der Waals surface area contributed by atoms with E-state index >= 15 is 0 Å². The van der Waals surface area contributed by atoms with E-state index in [9.17, 15) is 8.42 Å². The third-order valence-electron chi connectivity index (χ3n) is 5.56. The minimum Gasteiger partial charge on any atom is -0.357 e. The highest BCUT2D eigenvalue weighted by molar-refractivity contribution is 7.89. The number of nitrogens with zero attached hydrogens (tertiary/aromatic N) is 1. The Morgan fingerprint density at radius 1 is 0.778 bits per heavy atom. The van der Waals surface area contributed by atoms with Crippen LogP contribution in [0, 0.1) is 10.8 Å². The van der Waals surface area contributed by atoms with Gasteiger partial charge in [0.15, 0.2) is 12.2 Å². The second kappa shape index (κ2) is 12.2. The van der Waals surface area contributed by atoms with E-state index in [0.717, 1.165) is 16.8 Å². The van der Waals surface area contributed by atoms with Gasteiger partial charge in [-0.2, -0.15) is 4.57 Å². The fourth-order valence-electron chi connectivity index (χ4n) is 3.91. The summed E-state index contributed by atoms with van der Waals surface area (Å²) in [7, 11) is -6.56. The van der Waals surface area contributed by atoms with Crippen LogP contribution in [0.3, 0.4) is 0 Å². The maximum Gasteiger partial charge on any atom is 0.238 e. The molecule has 0 radical (unpaired) electrons. The van der Waals surface area contributed by atoms with Crippen LogP contribution in [-0.4, -0.2) is 8.42 Å². The van der Waals surface area contributed by atoms with Gasteiger partial charge in [-0.3, -0.25) is 0 Å². The first kappa shape index (κ1) is 27.5. The third-order valence-corrected chi connectivity index (χ3v) is 6.49. The minimum atomic E-state index is -3.71. The number of nitrogens with two attached hydrogens (primary N) is 1. The van der Waals surface area contributed by atoms with Crippen LogP contribution in [0.15, 0.2) is 102 Å². The molecule has 4 aromatic rings. The van der Waals surface area contributed by atoms with Crippen LogP contribution in [0.25, 0.3) is 22.4 Å². The van der Waals surface area contributed by atoms with E-state index in [1.54, 1.807) is 12.1 Å². The van der Waals surface area contributed by atoms with Gasteiger partial charge in [-0.25, -0.2) is 13.6 Å². The van der Waals surface area contributed by atoms with Gasteiger partial charge in [0.1, 0.15) is 0 Å². The van der Waals surface area contributed by atoms with Crippen molar-refractivity contribution in [3.8, 4) is 22.4 Å². The summed E-state index contributed by atoms with van der Waals surface area (Å²) in [4.78, 5) is 0.123.